The van der Waals surface area contributed by atoms with Crippen LogP contribution in [0.2, 0.25) is 0 Å². The molecule has 1 aromatic carbocycles. The fraction of sp³-hybridized carbons (Fsp3) is 0.222. The summed E-state index contributed by atoms with van der Waals surface area (Å²) in [5.41, 5.74) is 17.2. The Morgan fingerprint density at radius 1 is 1.47 bits per heavy atom. The van der Waals surface area contributed by atoms with E-state index in [-0.39, 0.29) is 11.3 Å². The first-order valence-electron chi connectivity index (χ1n) is 4.29. The summed E-state index contributed by atoms with van der Waals surface area (Å²) in [7, 11) is 0. The Morgan fingerprint density at radius 2 is 2.07 bits per heavy atom. The Labute approximate surface area is 87.1 Å². The van der Waals surface area contributed by atoms with Crippen molar-refractivity contribution < 1.29 is 9.90 Å². The van der Waals surface area contributed by atoms with Crippen LogP contribution in [0.1, 0.15) is 17.3 Å². The number of carboxylic acid groups (broad SMARTS) is 1. The van der Waals surface area contributed by atoms with Crippen LogP contribution in [0.5, 0.6) is 0 Å². The van der Waals surface area contributed by atoms with Crippen LogP contribution in [0.15, 0.2) is 18.2 Å². The third-order valence-corrected chi connectivity index (χ3v) is 1.74. The maximum atomic E-state index is 10.8. The third kappa shape index (κ3) is 2.83. The highest BCUT2D eigenvalue weighted by atomic mass is 16.4. The van der Waals surface area contributed by atoms with E-state index in [1.807, 2.05) is 0 Å². The number of carbonyl (C=O) groups is 1. The lowest BCUT2D eigenvalue weighted by Gasteiger charge is -2.23. The first kappa shape index (κ1) is 11.3. The van der Waals surface area contributed by atoms with Crippen molar-refractivity contribution in [3.8, 4) is 0 Å². The molecule has 1 aromatic rings. The highest BCUT2D eigenvalue weighted by Crippen LogP contribution is 2.23. The topological polar surface area (TPSA) is 127 Å². The van der Waals surface area contributed by atoms with Gasteiger partial charge in [-0.05, 0) is 19.1 Å². The Kier molecular flexibility index (Phi) is 2.83. The van der Waals surface area contributed by atoms with Crippen molar-refractivity contribution in [2.24, 2.45) is 11.5 Å². The van der Waals surface area contributed by atoms with Gasteiger partial charge in [0.05, 0.1) is 16.9 Å². The average molecular weight is 210 g/mol. The van der Waals surface area contributed by atoms with Crippen molar-refractivity contribution in [2.45, 2.75) is 12.7 Å². The third-order valence-electron chi connectivity index (χ3n) is 1.74. The molecule has 0 saturated carbocycles. The molecule has 0 saturated heterocycles. The molecule has 0 heterocycles. The molecule has 6 heteroatoms. The maximum Gasteiger partial charge on any atom is 0.337 e. The highest BCUT2D eigenvalue weighted by molar-refractivity contribution is 5.97. The molecular weight excluding hydrogens is 196 g/mol. The van der Waals surface area contributed by atoms with Gasteiger partial charge in [0.15, 0.2) is 0 Å². The zero-order chi connectivity index (χ0) is 11.6. The van der Waals surface area contributed by atoms with Crippen molar-refractivity contribution in [3.63, 3.8) is 0 Å². The van der Waals surface area contributed by atoms with Crippen molar-refractivity contribution in [1.29, 1.82) is 0 Å². The van der Waals surface area contributed by atoms with Gasteiger partial charge >= 0.3 is 5.97 Å². The number of nitrogens with two attached hydrogens (primary N) is 3. The Morgan fingerprint density at radius 3 is 2.53 bits per heavy atom. The molecule has 0 aliphatic carbocycles. The van der Waals surface area contributed by atoms with Crippen molar-refractivity contribution >= 4 is 17.3 Å². The lowest BCUT2D eigenvalue weighted by atomic mass is 10.1. The number of benzene rings is 1. The number of para-hydroxylation sites is 1. The Bertz CT molecular complexity index is 384. The number of nitrogen functional groups attached to an aromatic ring is 1. The van der Waals surface area contributed by atoms with Gasteiger partial charge in [-0.2, -0.15) is 0 Å². The van der Waals surface area contributed by atoms with Crippen LogP contribution in [0.4, 0.5) is 11.4 Å². The van der Waals surface area contributed by atoms with Crippen LogP contribution >= 0.6 is 0 Å². The largest absolute Gasteiger partial charge is 0.478 e. The lowest BCUT2D eigenvalue weighted by molar-refractivity contribution is 0.0698. The summed E-state index contributed by atoms with van der Waals surface area (Å²) in [6.45, 7) is 1.54. The Hall–Kier alpha value is -1.79. The minimum Gasteiger partial charge on any atom is -0.478 e. The van der Waals surface area contributed by atoms with Gasteiger partial charge < -0.3 is 16.2 Å². The van der Waals surface area contributed by atoms with Crippen LogP contribution in [-0.2, 0) is 0 Å². The van der Waals surface area contributed by atoms with Crippen molar-refractivity contribution in [1.82, 2.24) is 0 Å². The highest BCUT2D eigenvalue weighted by Gasteiger charge is 2.15. The summed E-state index contributed by atoms with van der Waals surface area (Å²) in [5, 5.41) is 11.5. The molecule has 0 aromatic heterocycles. The lowest BCUT2D eigenvalue weighted by Crippen LogP contribution is -2.53. The van der Waals surface area contributed by atoms with Gasteiger partial charge in [-0.25, -0.2) is 4.79 Å². The molecule has 8 N–H and O–H groups in total. The molecular formula is C9H14N4O2. The molecule has 0 bridgehead atoms. The molecule has 0 fully saturated rings. The summed E-state index contributed by atoms with van der Waals surface area (Å²) in [5.74, 6) is -2.24. The quantitative estimate of drug-likeness (QED) is 0.352. The molecule has 0 aliphatic heterocycles. The molecule has 0 radical (unpaired) electrons. The minimum atomic E-state index is -1.15. The van der Waals surface area contributed by atoms with Gasteiger partial charge in [-0.1, -0.05) is 6.07 Å². The van der Waals surface area contributed by atoms with E-state index in [1.54, 1.807) is 19.1 Å². The van der Waals surface area contributed by atoms with E-state index in [0.29, 0.717) is 5.69 Å². The summed E-state index contributed by atoms with van der Waals surface area (Å²) >= 11 is 0. The van der Waals surface area contributed by atoms with Crippen molar-refractivity contribution in [2.75, 3.05) is 11.1 Å². The first-order chi connectivity index (χ1) is 6.81. The average Bonchev–Trinajstić information content (AvgIpc) is 2.05. The number of rotatable bonds is 3. The predicted molar refractivity (Wildman–Crippen MR) is 58.2 cm³/mol. The second kappa shape index (κ2) is 3.76. The van der Waals surface area contributed by atoms with Gasteiger partial charge in [0.2, 0.25) is 0 Å². The zero-order valence-electron chi connectivity index (χ0n) is 8.32. The van der Waals surface area contributed by atoms with Gasteiger partial charge in [0.25, 0.3) is 0 Å². The van der Waals surface area contributed by atoms with E-state index in [4.69, 9.17) is 22.3 Å². The second-order valence-corrected chi connectivity index (χ2v) is 3.48. The van der Waals surface area contributed by atoms with E-state index in [1.165, 1.54) is 6.07 Å². The minimum absolute atomic E-state index is 0.0178. The molecule has 15 heavy (non-hydrogen) atoms. The van der Waals surface area contributed by atoms with Gasteiger partial charge in [0.1, 0.15) is 5.79 Å². The molecule has 0 aliphatic rings. The van der Waals surface area contributed by atoms with Gasteiger partial charge in [-0.15, -0.1) is 0 Å². The smallest absolute Gasteiger partial charge is 0.337 e. The predicted octanol–water partition coefficient (Wildman–Crippen LogP) is -0.0300. The fourth-order valence-corrected chi connectivity index (χ4v) is 1.15. The van der Waals surface area contributed by atoms with Crippen LogP contribution in [0.25, 0.3) is 0 Å². The summed E-state index contributed by atoms with van der Waals surface area (Å²) in [6, 6.07) is 4.58. The van der Waals surface area contributed by atoms with Gasteiger partial charge in [-0.3, -0.25) is 11.5 Å². The summed E-state index contributed by atoms with van der Waals surface area (Å²) in [4.78, 5) is 10.8. The molecule has 0 amide bonds. The van der Waals surface area contributed by atoms with E-state index < -0.39 is 11.8 Å². The number of carboxylic acids is 1. The Balaban J connectivity index is 3.10. The van der Waals surface area contributed by atoms with E-state index in [2.05, 4.69) is 5.32 Å². The van der Waals surface area contributed by atoms with E-state index in [9.17, 15) is 4.79 Å². The summed E-state index contributed by atoms with van der Waals surface area (Å²) < 4.78 is 0. The zero-order valence-corrected chi connectivity index (χ0v) is 8.32. The van der Waals surface area contributed by atoms with Crippen LogP contribution in [0, 0.1) is 0 Å². The normalized spacial score (nSPS) is 11.1. The fourth-order valence-electron chi connectivity index (χ4n) is 1.15. The van der Waals surface area contributed by atoms with Crippen LogP contribution in [0.3, 0.4) is 0 Å². The molecule has 6 nitrogen and oxygen atoms in total. The molecule has 0 atom stereocenters. The molecule has 1 rings (SSSR count). The van der Waals surface area contributed by atoms with Crippen LogP contribution < -0.4 is 22.5 Å². The van der Waals surface area contributed by atoms with Crippen molar-refractivity contribution in [3.05, 3.63) is 23.8 Å². The maximum absolute atomic E-state index is 10.8. The van der Waals surface area contributed by atoms with E-state index in [0.717, 1.165) is 0 Å². The summed E-state index contributed by atoms with van der Waals surface area (Å²) in [6.07, 6.45) is 0. The number of aromatic carboxylic acids is 1. The molecule has 0 unspecified atom stereocenters. The molecule has 0 spiro atoms. The van der Waals surface area contributed by atoms with Crippen LogP contribution in [-0.4, -0.2) is 16.9 Å². The first-order valence-corrected chi connectivity index (χ1v) is 4.29. The SMILES string of the molecule is CC(N)(N)Nc1cccc(C(=O)O)c1N. The monoisotopic (exact) mass is 210 g/mol. The number of anilines is 2. The standard InChI is InChI=1S/C9H14N4O2/c1-9(11,12)13-6-4-2-3-5(7(6)10)8(14)15/h2-4,13H,10-12H2,1H3,(H,14,15). The second-order valence-electron chi connectivity index (χ2n) is 3.48. The number of nitrogens with one attached hydrogen (secondary N) is 1. The van der Waals surface area contributed by atoms with Gasteiger partial charge in [0, 0.05) is 0 Å². The number of hydrogen-bond acceptors (Lipinski definition) is 5. The molecule has 82 valence electrons. The van der Waals surface area contributed by atoms with E-state index >= 15 is 0 Å². The number of hydrogen-bond donors (Lipinski definition) is 5.